The number of hydrogen-bond donors (Lipinski definition) is 1. The normalized spacial score (nSPS) is 20.3. The summed E-state index contributed by atoms with van der Waals surface area (Å²) < 4.78 is 0. The molecule has 1 aromatic heterocycles. The maximum absolute atomic E-state index is 12.6. The van der Waals surface area contributed by atoms with E-state index in [1.54, 1.807) is 11.3 Å². The number of fused-ring (bicyclic) bond motifs is 1. The molecular weight excluding hydrogens is 302 g/mol. The molecule has 0 radical (unpaired) electrons. The number of piperazine rings is 1. The van der Waals surface area contributed by atoms with Gasteiger partial charge in [-0.25, -0.2) is 0 Å². The van der Waals surface area contributed by atoms with Gasteiger partial charge >= 0.3 is 0 Å². The summed E-state index contributed by atoms with van der Waals surface area (Å²) in [6, 6.07) is 2.22. The number of nitrogens with two attached hydrogens (primary N) is 1. The van der Waals surface area contributed by atoms with Crippen molar-refractivity contribution < 1.29 is 4.79 Å². The molecule has 4 nitrogen and oxygen atoms in total. The summed E-state index contributed by atoms with van der Waals surface area (Å²) in [5.74, 6) is 0.192. The van der Waals surface area contributed by atoms with Crippen molar-refractivity contribution in [2.24, 2.45) is 5.73 Å². The van der Waals surface area contributed by atoms with E-state index in [0.29, 0.717) is 4.99 Å². The van der Waals surface area contributed by atoms with Gasteiger partial charge in [-0.3, -0.25) is 9.69 Å². The van der Waals surface area contributed by atoms with Crippen molar-refractivity contribution in [3.63, 3.8) is 0 Å². The standard InChI is InChI=1S/C15H21N3OS2/c1-10(14(16)20)17-5-7-18(8-6-17)15(19)13-9-11-3-2-4-12(11)21-13/h9-10H,2-8H2,1H3,(H2,16,20). The number of amides is 1. The SMILES string of the molecule is CC(C(N)=S)N1CCN(C(=O)c2cc3c(s2)CCC3)CC1. The van der Waals surface area contributed by atoms with Crippen LogP contribution in [0.1, 0.15) is 33.5 Å². The van der Waals surface area contributed by atoms with Crippen molar-refractivity contribution >= 4 is 34.5 Å². The summed E-state index contributed by atoms with van der Waals surface area (Å²) in [4.78, 5) is 19.7. The van der Waals surface area contributed by atoms with Crippen LogP contribution < -0.4 is 5.73 Å². The van der Waals surface area contributed by atoms with E-state index >= 15 is 0 Å². The lowest BCUT2D eigenvalue weighted by atomic mass is 10.2. The smallest absolute Gasteiger partial charge is 0.264 e. The highest BCUT2D eigenvalue weighted by Gasteiger charge is 2.27. The van der Waals surface area contributed by atoms with Gasteiger partial charge in [0.05, 0.1) is 15.9 Å². The van der Waals surface area contributed by atoms with E-state index < -0.39 is 0 Å². The Kier molecular flexibility index (Phi) is 4.28. The van der Waals surface area contributed by atoms with Gasteiger partial charge in [-0.05, 0) is 37.8 Å². The number of nitrogens with zero attached hydrogens (tertiary/aromatic N) is 2. The maximum atomic E-state index is 12.6. The third-order valence-electron chi connectivity index (χ3n) is 4.52. The molecule has 1 saturated heterocycles. The lowest BCUT2D eigenvalue weighted by Crippen LogP contribution is -2.53. The van der Waals surface area contributed by atoms with E-state index in [1.807, 2.05) is 11.8 Å². The van der Waals surface area contributed by atoms with Crippen LogP contribution in [0.15, 0.2) is 6.07 Å². The third-order valence-corrected chi connectivity index (χ3v) is 6.08. The Labute approximate surface area is 134 Å². The Morgan fingerprint density at radius 1 is 1.33 bits per heavy atom. The average Bonchev–Trinajstić information content (AvgIpc) is 3.07. The van der Waals surface area contributed by atoms with Gasteiger partial charge < -0.3 is 10.6 Å². The Morgan fingerprint density at radius 3 is 2.67 bits per heavy atom. The number of aryl methyl sites for hydroxylation is 2. The van der Waals surface area contributed by atoms with Gasteiger partial charge in [-0.15, -0.1) is 11.3 Å². The zero-order valence-corrected chi connectivity index (χ0v) is 13.9. The molecule has 0 aromatic carbocycles. The van der Waals surface area contributed by atoms with Crippen LogP contribution in [0.4, 0.5) is 0 Å². The predicted molar refractivity (Wildman–Crippen MR) is 90.1 cm³/mol. The van der Waals surface area contributed by atoms with Crippen molar-refractivity contribution in [1.29, 1.82) is 0 Å². The highest BCUT2D eigenvalue weighted by molar-refractivity contribution is 7.80. The summed E-state index contributed by atoms with van der Waals surface area (Å²) in [6.07, 6.45) is 3.52. The second-order valence-corrected chi connectivity index (χ2v) is 7.43. The molecule has 1 aromatic rings. The fourth-order valence-corrected chi connectivity index (χ4v) is 4.45. The lowest BCUT2D eigenvalue weighted by Gasteiger charge is -2.37. The van der Waals surface area contributed by atoms with Crippen molar-refractivity contribution in [3.05, 3.63) is 21.4 Å². The van der Waals surface area contributed by atoms with Crippen molar-refractivity contribution in [1.82, 2.24) is 9.80 Å². The summed E-state index contributed by atoms with van der Waals surface area (Å²) >= 11 is 6.74. The number of rotatable bonds is 3. The average molecular weight is 323 g/mol. The number of carbonyl (C=O) groups is 1. The molecule has 1 fully saturated rings. The fraction of sp³-hybridized carbons (Fsp3) is 0.600. The van der Waals surface area contributed by atoms with Crippen LogP contribution in [0.25, 0.3) is 0 Å². The molecule has 6 heteroatoms. The van der Waals surface area contributed by atoms with Crippen LogP contribution in [0.2, 0.25) is 0 Å². The molecule has 0 bridgehead atoms. The summed E-state index contributed by atoms with van der Waals surface area (Å²) in [5, 5.41) is 0. The van der Waals surface area contributed by atoms with Crippen molar-refractivity contribution in [2.75, 3.05) is 26.2 Å². The molecule has 1 atom stereocenters. The number of carbonyl (C=O) groups excluding carboxylic acids is 1. The second kappa shape index (κ2) is 6.02. The first-order chi connectivity index (χ1) is 10.1. The van der Waals surface area contributed by atoms with Gasteiger partial charge in [0.2, 0.25) is 0 Å². The van der Waals surface area contributed by atoms with E-state index in [-0.39, 0.29) is 11.9 Å². The summed E-state index contributed by atoms with van der Waals surface area (Å²) in [7, 11) is 0. The van der Waals surface area contributed by atoms with Crippen LogP contribution in [0, 0.1) is 0 Å². The molecular formula is C15H21N3OS2. The van der Waals surface area contributed by atoms with Gasteiger partial charge in [-0.1, -0.05) is 12.2 Å². The van der Waals surface area contributed by atoms with E-state index in [4.69, 9.17) is 18.0 Å². The van der Waals surface area contributed by atoms with Crippen LogP contribution in [0.3, 0.4) is 0 Å². The molecule has 3 rings (SSSR count). The van der Waals surface area contributed by atoms with Crippen LogP contribution in [-0.4, -0.2) is 52.9 Å². The minimum atomic E-state index is 0.114. The van der Waals surface area contributed by atoms with Gasteiger partial charge in [-0.2, -0.15) is 0 Å². The van der Waals surface area contributed by atoms with E-state index in [1.165, 1.54) is 16.9 Å². The summed E-state index contributed by atoms with van der Waals surface area (Å²) in [6.45, 7) is 5.23. The monoisotopic (exact) mass is 323 g/mol. The van der Waals surface area contributed by atoms with Gasteiger partial charge in [0.15, 0.2) is 0 Å². The largest absolute Gasteiger partial charge is 0.392 e. The summed E-state index contributed by atoms with van der Waals surface area (Å²) in [5.41, 5.74) is 7.10. The van der Waals surface area contributed by atoms with Gasteiger partial charge in [0.25, 0.3) is 5.91 Å². The van der Waals surface area contributed by atoms with E-state index in [0.717, 1.165) is 43.9 Å². The Bertz CT molecular complexity index is 540. The Balaban J connectivity index is 1.61. The van der Waals surface area contributed by atoms with Crippen LogP contribution in [0.5, 0.6) is 0 Å². The minimum Gasteiger partial charge on any atom is -0.392 e. The number of hydrogen-bond acceptors (Lipinski definition) is 4. The first kappa shape index (κ1) is 14.9. The molecule has 0 spiro atoms. The first-order valence-electron chi connectivity index (χ1n) is 7.50. The zero-order chi connectivity index (χ0) is 15.0. The molecule has 2 N–H and O–H groups in total. The van der Waals surface area contributed by atoms with Crippen LogP contribution >= 0.6 is 23.6 Å². The molecule has 0 saturated carbocycles. The van der Waals surface area contributed by atoms with Crippen LogP contribution in [-0.2, 0) is 12.8 Å². The lowest BCUT2D eigenvalue weighted by molar-refractivity contribution is 0.0626. The number of thiophene rings is 1. The molecule has 1 aliphatic carbocycles. The highest BCUT2D eigenvalue weighted by atomic mass is 32.1. The fourth-order valence-electron chi connectivity index (χ4n) is 3.08. The Hall–Kier alpha value is -0.980. The molecule has 1 amide bonds. The van der Waals surface area contributed by atoms with Gasteiger partial charge in [0, 0.05) is 31.1 Å². The van der Waals surface area contributed by atoms with E-state index in [2.05, 4.69) is 11.0 Å². The molecule has 2 aliphatic rings. The molecule has 1 aliphatic heterocycles. The Morgan fingerprint density at radius 2 is 2.05 bits per heavy atom. The number of thiocarbonyl (C=S) groups is 1. The highest BCUT2D eigenvalue weighted by Crippen LogP contribution is 2.31. The predicted octanol–water partition coefficient (Wildman–Crippen LogP) is 1.67. The quantitative estimate of drug-likeness (QED) is 0.860. The maximum Gasteiger partial charge on any atom is 0.264 e. The molecule has 1 unspecified atom stereocenters. The second-order valence-electron chi connectivity index (χ2n) is 5.82. The first-order valence-corrected chi connectivity index (χ1v) is 8.73. The minimum absolute atomic E-state index is 0.114. The third kappa shape index (κ3) is 2.98. The van der Waals surface area contributed by atoms with E-state index in [9.17, 15) is 4.79 Å². The molecule has 114 valence electrons. The zero-order valence-electron chi connectivity index (χ0n) is 12.3. The van der Waals surface area contributed by atoms with Crippen molar-refractivity contribution in [3.8, 4) is 0 Å². The van der Waals surface area contributed by atoms with Crippen molar-refractivity contribution in [2.45, 2.75) is 32.2 Å². The molecule has 2 heterocycles. The topological polar surface area (TPSA) is 49.6 Å². The molecule has 21 heavy (non-hydrogen) atoms. The van der Waals surface area contributed by atoms with Gasteiger partial charge in [0.1, 0.15) is 0 Å².